The standard InChI is InChI=1S/C23H20O2/c1-16-8-12-19(13-9-16)21(18-6-4-3-5-7-18)22(23(24)25)20-14-10-17(2)11-15-20/h3-15H,1-2H3,(H,24,25)/b22-21+. The van der Waals surface area contributed by atoms with E-state index >= 15 is 0 Å². The van der Waals surface area contributed by atoms with Crippen LogP contribution in [0.3, 0.4) is 0 Å². The smallest absolute Gasteiger partial charge is 0.336 e. The van der Waals surface area contributed by atoms with Crippen LogP contribution < -0.4 is 0 Å². The molecular weight excluding hydrogens is 308 g/mol. The Morgan fingerprint density at radius 1 is 0.640 bits per heavy atom. The van der Waals surface area contributed by atoms with Gasteiger partial charge in [0.25, 0.3) is 0 Å². The number of aryl methyl sites for hydroxylation is 2. The molecule has 0 spiro atoms. The molecule has 0 aromatic heterocycles. The highest BCUT2D eigenvalue weighted by Crippen LogP contribution is 2.32. The molecule has 2 nitrogen and oxygen atoms in total. The topological polar surface area (TPSA) is 37.3 Å². The lowest BCUT2D eigenvalue weighted by atomic mass is 9.89. The summed E-state index contributed by atoms with van der Waals surface area (Å²) in [6.45, 7) is 4.01. The van der Waals surface area contributed by atoms with Crippen molar-refractivity contribution in [2.75, 3.05) is 0 Å². The number of carbonyl (C=O) groups is 1. The Balaban J connectivity index is 2.32. The molecule has 0 atom stereocenters. The molecule has 0 aliphatic heterocycles. The molecule has 0 unspecified atom stereocenters. The largest absolute Gasteiger partial charge is 0.478 e. The lowest BCUT2D eigenvalue weighted by Gasteiger charge is -2.14. The third-order valence-corrected chi connectivity index (χ3v) is 4.21. The number of hydrogen-bond acceptors (Lipinski definition) is 1. The van der Waals surface area contributed by atoms with E-state index in [0.717, 1.165) is 27.8 Å². The Labute approximate surface area is 148 Å². The second-order valence-corrected chi connectivity index (χ2v) is 6.15. The highest BCUT2D eigenvalue weighted by molar-refractivity contribution is 6.26. The summed E-state index contributed by atoms with van der Waals surface area (Å²) in [6, 6.07) is 25.3. The summed E-state index contributed by atoms with van der Waals surface area (Å²) in [4.78, 5) is 12.2. The number of benzene rings is 3. The summed E-state index contributed by atoms with van der Waals surface area (Å²) in [7, 11) is 0. The fourth-order valence-corrected chi connectivity index (χ4v) is 2.88. The van der Waals surface area contributed by atoms with Crippen LogP contribution in [0.1, 0.15) is 27.8 Å². The molecule has 0 heterocycles. The predicted octanol–water partition coefficient (Wildman–Crippen LogP) is 5.35. The zero-order valence-electron chi connectivity index (χ0n) is 14.4. The maximum absolute atomic E-state index is 12.2. The maximum Gasteiger partial charge on any atom is 0.336 e. The van der Waals surface area contributed by atoms with Crippen molar-refractivity contribution in [3.05, 3.63) is 107 Å². The predicted molar refractivity (Wildman–Crippen MR) is 102 cm³/mol. The summed E-state index contributed by atoms with van der Waals surface area (Å²) in [5.74, 6) is -0.928. The third-order valence-electron chi connectivity index (χ3n) is 4.21. The minimum atomic E-state index is -0.928. The third kappa shape index (κ3) is 3.69. The van der Waals surface area contributed by atoms with Gasteiger partial charge in [-0.15, -0.1) is 0 Å². The van der Waals surface area contributed by atoms with Crippen molar-refractivity contribution in [3.8, 4) is 0 Å². The van der Waals surface area contributed by atoms with Crippen molar-refractivity contribution in [2.24, 2.45) is 0 Å². The first kappa shape index (κ1) is 16.7. The lowest BCUT2D eigenvalue weighted by Crippen LogP contribution is -2.05. The van der Waals surface area contributed by atoms with E-state index in [-0.39, 0.29) is 0 Å². The summed E-state index contributed by atoms with van der Waals surface area (Å²) in [5.41, 5.74) is 5.79. The number of carboxylic acid groups (broad SMARTS) is 1. The average Bonchev–Trinajstić information content (AvgIpc) is 2.62. The van der Waals surface area contributed by atoms with Gasteiger partial charge in [0.1, 0.15) is 0 Å². The summed E-state index contributed by atoms with van der Waals surface area (Å²) < 4.78 is 0. The number of aliphatic carboxylic acids is 1. The fourth-order valence-electron chi connectivity index (χ4n) is 2.88. The number of rotatable bonds is 4. The second-order valence-electron chi connectivity index (χ2n) is 6.15. The first-order chi connectivity index (χ1) is 12.1. The molecular formula is C23H20O2. The molecule has 0 saturated carbocycles. The molecule has 3 rings (SSSR count). The van der Waals surface area contributed by atoms with Crippen molar-refractivity contribution in [2.45, 2.75) is 13.8 Å². The first-order valence-corrected chi connectivity index (χ1v) is 8.23. The first-order valence-electron chi connectivity index (χ1n) is 8.23. The molecule has 0 aliphatic rings. The Morgan fingerprint density at radius 2 is 1.08 bits per heavy atom. The summed E-state index contributed by atoms with van der Waals surface area (Å²) in [6.07, 6.45) is 0. The van der Waals surface area contributed by atoms with Crippen molar-refractivity contribution < 1.29 is 9.90 Å². The van der Waals surface area contributed by atoms with Crippen LogP contribution in [0.4, 0.5) is 0 Å². The van der Waals surface area contributed by atoms with Crippen LogP contribution in [0, 0.1) is 13.8 Å². The second kappa shape index (κ2) is 7.18. The monoisotopic (exact) mass is 328 g/mol. The summed E-state index contributed by atoms with van der Waals surface area (Å²) >= 11 is 0. The van der Waals surface area contributed by atoms with Gasteiger partial charge in [-0.25, -0.2) is 4.79 Å². The molecule has 1 N–H and O–H groups in total. The van der Waals surface area contributed by atoms with Crippen LogP contribution in [0.15, 0.2) is 78.9 Å². The van der Waals surface area contributed by atoms with Gasteiger partial charge in [0.15, 0.2) is 0 Å². The number of carboxylic acids is 1. The Kier molecular flexibility index (Phi) is 4.80. The van der Waals surface area contributed by atoms with E-state index in [0.29, 0.717) is 11.1 Å². The van der Waals surface area contributed by atoms with Gasteiger partial charge in [-0.3, -0.25) is 0 Å². The fraction of sp³-hybridized carbons (Fsp3) is 0.0870. The molecule has 3 aromatic carbocycles. The van der Waals surface area contributed by atoms with Crippen LogP contribution in [0.2, 0.25) is 0 Å². The lowest BCUT2D eigenvalue weighted by molar-refractivity contribution is -0.130. The van der Waals surface area contributed by atoms with Crippen LogP contribution in [-0.2, 0) is 4.79 Å². The van der Waals surface area contributed by atoms with Gasteiger partial charge in [-0.2, -0.15) is 0 Å². The SMILES string of the molecule is Cc1ccc(/C(C(=O)O)=C(/c2ccccc2)c2ccc(C)cc2)cc1. The highest BCUT2D eigenvalue weighted by Gasteiger charge is 2.19. The van der Waals surface area contributed by atoms with E-state index in [9.17, 15) is 9.90 Å². The van der Waals surface area contributed by atoms with Crippen molar-refractivity contribution in [1.29, 1.82) is 0 Å². The molecule has 124 valence electrons. The van der Waals surface area contributed by atoms with Crippen molar-refractivity contribution >= 4 is 17.1 Å². The van der Waals surface area contributed by atoms with E-state index in [1.807, 2.05) is 92.7 Å². The minimum absolute atomic E-state index is 0.315. The van der Waals surface area contributed by atoms with Gasteiger partial charge in [-0.1, -0.05) is 90.0 Å². The molecule has 0 aliphatic carbocycles. The molecule has 0 amide bonds. The van der Waals surface area contributed by atoms with Crippen LogP contribution in [-0.4, -0.2) is 11.1 Å². The van der Waals surface area contributed by atoms with Crippen LogP contribution >= 0.6 is 0 Å². The van der Waals surface area contributed by atoms with Crippen molar-refractivity contribution in [1.82, 2.24) is 0 Å². The van der Waals surface area contributed by atoms with Crippen LogP contribution in [0.25, 0.3) is 11.1 Å². The average molecular weight is 328 g/mol. The van der Waals surface area contributed by atoms with Gasteiger partial charge in [-0.05, 0) is 30.5 Å². The van der Waals surface area contributed by atoms with Crippen LogP contribution in [0.5, 0.6) is 0 Å². The quantitative estimate of drug-likeness (QED) is 0.518. The molecule has 2 heteroatoms. The summed E-state index contributed by atoms with van der Waals surface area (Å²) in [5, 5.41) is 9.99. The van der Waals surface area contributed by atoms with E-state index in [1.54, 1.807) is 0 Å². The van der Waals surface area contributed by atoms with Crippen molar-refractivity contribution in [3.63, 3.8) is 0 Å². The van der Waals surface area contributed by atoms with E-state index in [2.05, 4.69) is 0 Å². The van der Waals surface area contributed by atoms with E-state index < -0.39 is 5.97 Å². The molecule has 25 heavy (non-hydrogen) atoms. The maximum atomic E-state index is 12.2. The zero-order valence-corrected chi connectivity index (χ0v) is 14.4. The number of hydrogen-bond donors (Lipinski definition) is 1. The van der Waals surface area contributed by atoms with E-state index in [4.69, 9.17) is 0 Å². The van der Waals surface area contributed by atoms with Gasteiger partial charge >= 0.3 is 5.97 Å². The van der Waals surface area contributed by atoms with Gasteiger partial charge < -0.3 is 5.11 Å². The normalized spacial score (nSPS) is 11.8. The molecule has 0 saturated heterocycles. The van der Waals surface area contributed by atoms with Gasteiger partial charge in [0, 0.05) is 5.57 Å². The van der Waals surface area contributed by atoms with Gasteiger partial charge in [0.05, 0.1) is 5.57 Å². The minimum Gasteiger partial charge on any atom is -0.478 e. The van der Waals surface area contributed by atoms with E-state index in [1.165, 1.54) is 0 Å². The molecule has 0 radical (unpaired) electrons. The Hall–Kier alpha value is -3.13. The molecule has 3 aromatic rings. The van der Waals surface area contributed by atoms with Gasteiger partial charge in [0.2, 0.25) is 0 Å². The highest BCUT2D eigenvalue weighted by atomic mass is 16.4. The Morgan fingerprint density at radius 3 is 1.56 bits per heavy atom. The molecule has 0 fully saturated rings. The Bertz CT molecular complexity index is 903. The zero-order chi connectivity index (χ0) is 17.8. The molecule has 0 bridgehead atoms.